The van der Waals surface area contributed by atoms with Gasteiger partial charge in [-0.1, -0.05) is 6.07 Å². The Morgan fingerprint density at radius 2 is 1.41 bits per heavy atom. The third-order valence-corrected chi connectivity index (χ3v) is 3.58. The average Bonchev–Trinajstić information content (AvgIpc) is 2.50. The fourth-order valence-corrected chi connectivity index (χ4v) is 2.23. The summed E-state index contributed by atoms with van der Waals surface area (Å²) >= 11 is 5.35. The van der Waals surface area contributed by atoms with Crippen LogP contribution < -0.4 is 20.1 Å². The number of ether oxygens (including phenoxy) is 2. The van der Waals surface area contributed by atoms with E-state index in [4.69, 9.17) is 21.7 Å². The van der Waals surface area contributed by atoms with Crippen molar-refractivity contribution in [2.75, 3.05) is 24.9 Å². The summed E-state index contributed by atoms with van der Waals surface area (Å²) in [6.07, 6.45) is 0. The molecule has 0 saturated carbocycles. The maximum atomic E-state index is 5.35. The topological polar surface area (TPSA) is 42.5 Å². The highest BCUT2D eigenvalue weighted by atomic mass is 32.1. The zero-order chi connectivity index (χ0) is 16.1. The number of aryl methyl sites for hydroxylation is 2. The first kappa shape index (κ1) is 16.1. The van der Waals surface area contributed by atoms with Crippen LogP contribution in [0.5, 0.6) is 11.5 Å². The zero-order valence-corrected chi connectivity index (χ0v) is 14.0. The van der Waals surface area contributed by atoms with Crippen LogP contribution in [0.4, 0.5) is 11.4 Å². The van der Waals surface area contributed by atoms with Gasteiger partial charge in [-0.15, -0.1) is 0 Å². The summed E-state index contributed by atoms with van der Waals surface area (Å²) < 4.78 is 10.5. The number of nitrogens with one attached hydrogen (secondary N) is 2. The van der Waals surface area contributed by atoms with E-state index < -0.39 is 0 Å². The minimum atomic E-state index is 0.513. The zero-order valence-electron chi connectivity index (χ0n) is 13.2. The molecule has 0 saturated heterocycles. The molecule has 0 heterocycles. The van der Waals surface area contributed by atoms with Gasteiger partial charge in [0.2, 0.25) is 0 Å². The lowest BCUT2D eigenvalue weighted by Crippen LogP contribution is -2.19. The fraction of sp³-hybridized carbons (Fsp3) is 0.235. The number of hydrogen-bond acceptors (Lipinski definition) is 3. The van der Waals surface area contributed by atoms with Gasteiger partial charge in [0.1, 0.15) is 11.5 Å². The van der Waals surface area contributed by atoms with Gasteiger partial charge >= 0.3 is 0 Å². The van der Waals surface area contributed by atoms with E-state index in [1.165, 1.54) is 11.1 Å². The molecule has 0 amide bonds. The highest BCUT2D eigenvalue weighted by Gasteiger charge is 2.04. The van der Waals surface area contributed by atoms with E-state index >= 15 is 0 Å². The Morgan fingerprint density at radius 3 is 1.95 bits per heavy atom. The highest BCUT2D eigenvalue weighted by molar-refractivity contribution is 7.80. The quantitative estimate of drug-likeness (QED) is 0.830. The molecule has 0 fully saturated rings. The molecule has 0 spiro atoms. The van der Waals surface area contributed by atoms with Crippen LogP contribution in [0.2, 0.25) is 0 Å². The average molecular weight is 316 g/mol. The van der Waals surface area contributed by atoms with Gasteiger partial charge in [-0.25, -0.2) is 0 Å². The Morgan fingerprint density at radius 1 is 0.818 bits per heavy atom. The number of benzene rings is 2. The molecule has 0 aromatic heterocycles. The maximum absolute atomic E-state index is 5.35. The molecule has 0 aliphatic heterocycles. The third-order valence-electron chi connectivity index (χ3n) is 3.37. The van der Waals surface area contributed by atoms with Gasteiger partial charge in [0.15, 0.2) is 5.11 Å². The van der Waals surface area contributed by atoms with Crippen LogP contribution >= 0.6 is 12.2 Å². The molecular weight excluding hydrogens is 296 g/mol. The van der Waals surface area contributed by atoms with Crippen LogP contribution in [0.15, 0.2) is 36.4 Å². The van der Waals surface area contributed by atoms with E-state index in [2.05, 4.69) is 36.6 Å². The molecule has 2 aromatic carbocycles. The Labute approximate surface area is 136 Å². The molecule has 0 bridgehead atoms. The number of rotatable bonds is 4. The van der Waals surface area contributed by atoms with Gasteiger partial charge < -0.3 is 20.1 Å². The first-order valence-electron chi connectivity index (χ1n) is 6.90. The summed E-state index contributed by atoms with van der Waals surface area (Å²) in [5, 5.41) is 6.82. The molecule has 0 aliphatic rings. The predicted octanol–water partition coefficient (Wildman–Crippen LogP) is 4.13. The number of thiocarbonyl (C=S) groups is 1. The smallest absolute Gasteiger partial charge is 0.175 e. The van der Waals surface area contributed by atoms with Gasteiger partial charge in [-0.3, -0.25) is 0 Å². The summed E-state index contributed by atoms with van der Waals surface area (Å²) in [4.78, 5) is 0. The van der Waals surface area contributed by atoms with Crippen molar-refractivity contribution >= 4 is 28.7 Å². The van der Waals surface area contributed by atoms with Gasteiger partial charge in [0.05, 0.1) is 14.2 Å². The van der Waals surface area contributed by atoms with E-state index in [1.807, 2.05) is 24.3 Å². The second kappa shape index (κ2) is 7.13. The molecular formula is C17H20N2O2S. The SMILES string of the molecule is COc1cc(NC(=S)Nc2ccc(C)c(C)c2)cc(OC)c1. The molecule has 0 atom stereocenters. The van der Waals surface area contributed by atoms with Crippen molar-refractivity contribution in [3.05, 3.63) is 47.5 Å². The fourth-order valence-electron chi connectivity index (χ4n) is 1.99. The first-order chi connectivity index (χ1) is 10.5. The van der Waals surface area contributed by atoms with E-state index in [9.17, 15) is 0 Å². The van der Waals surface area contributed by atoms with Crippen LogP contribution in [0, 0.1) is 13.8 Å². The van der Waals surface area contributed by atoms with E-state index in [-0.39, 0.29) is 0 Å². The normalized spacial score (nSPS) is 10.0. The molecule has 2 N–H and O–H groups in total. The summed E-state index contributed by atoms with van der Waals surface area (Å²) in [6.45, 7) is 4.15. The van der Waals surface area contributed by atoms with Crippen LogP contribution in [-0.4, -0.2) is 19.3 Å². The lowest BCUT2D eigenvalue weighted by atomic mass is 10.1. The van der Waals surface area contributed by atoms with Gasteiger partial charge in [0, 0.05) is 29.6 Å². The minimum Gasteiger partial charge on any atom is -0.497 e. The molecule has 5 heteroatoms. The Hall–Kier alpha value is -2.27. The summed E-state index contributed by atoms with van der Waals surface area (Å²) in [5.41, 5.74) is 4.23. The lowest BCUT2D eigenvalue weighted by molar-refractivity contribution is 0.395. The molecule has 2 aromatic rings. The molecule has 22 heavy (non-hydrogen) atoms. The summed E-state index contributed by atoms with van der Waals surface area (Å²) in [5.74, 6) is 1.41. The second-order valence-corrected chi connectivity index (χ2v) is 5.39. The van der Waals surface area contributed by atoms with Gasteiger partial charge in [-0.2, -0.15) is 0 Å². The molecule has 2 rings (SSSR count). The lowest BCUT2D eigenvalue weighted by Gasteiger charge is -2.13. The van der Waals surface area contributed by atoms with Gasteiger partial charge in [0.25, 0.3) is 0 Å². The van der Waals surface area contributed by atoms with Crippen molar-refractivity contribution < 1.29 is 9.47 Å². The van der Waals surface area contributed by atoms with E-state index in [0.29, 0.717) is 16.6 Å². The number of anilines is 2. The largest absolute Gasteiger partial charge is 0.497 e. The highest BCUT2D eigenvalue weighted by Crippen LogP contribution is 2.26. The van der Waals surface area contributed by atoms with Crippen LogP contribution in [0.1, 0.15) is 11.1 Å². The second-order valence-electron chi connectivity index (χ2n) is 4.98. The minimum absolute atomic E-state index is 0.513. The van der Waals surface area contributed by atoms with Crippen molar-refractivity contribution in [2.24, 2.45) is 0 Å². The monoisotopic (exact) mass is 316 g/mol. The summed E-state index contributed by atoms with van der Waals surface area (Å²) in [7, 11) is 3.23. The van der Waals surface area contributed by atoms with Crippen LogP contribution in [-0.2, 0) is 0 Å². The molecule has 0 unspecified atom stereocenters. The molecule has 0 radical (unpaired) electrons. The van der Waals surface area contributed by atoms with Crippen molar-refractivity contribution in [1.29, 1.82) is 0 Å². The Bertz CT molecular complexity index is 664. The maximum Gasteiger partial charge on any atom is 0.175 e. The molecule has 0 aliphatic carbocycles. The Kier molecular flexibility index (Phi) is 5.22. The number of hydrogen-bond donors (Lipinski definition) is 2. The van der Waals surface area contributed by atoms with Crippen molar-refractivity contribution in [3.8, 4) is 11.5 Å². The summed E-state index contributed by atoms with van der Waals surface area (Å²) in [6, 6.07) is 11.7. The third kappa shape index (κ3) is 4.11. The van der Waals surface area contributed by atoms with E-state index in [1.54, 1.807) is 14.2 Å². The van der Waals surface area contributed by atoms with Crippen molar-refractivity contribution in [1.82, 2.24) is 0 Å². The Balaban J connectivity index is 2.09. The molecule has 116 valence electrons. The van der Waals surface area contributed by atoms with E-state index in [0.717, 1.165) is 11.4 Å². The van der Waals surface area contributed by atoms with Crippen molar-refractivity contribution in [3.63, 3.8) is 0 Å². The predicted molar refractivity (Wildman–Crippen MR) is 95.3 cm³/mol. The van der Waals surface area contributed by atoms with Crippen LogP contribution in [0.3, 0.4) is 0 Å². The molecule has 4 nitrogen and oxygen atoms in total. The van der Waals surface area contributed by atoms with Crippen LogP contribution in [0.25, 0.3) is 0 Å². The standard InChI is InChI=1S/C17H20N2O2S/c1-11-5-6-13(7-12(11)2)18-17(22)19-14-8-15(20-3)10-16(9-14)21-4/h5-10H,1-4H3,(H2,18,19,22). The number of methoxy groups -OCH3 is 2. The van der Waals surface area contributed by atoms with Gasteiger partial charge in [-0.05, 0) is 49.3 Å². The first-order valence-corrected chi connectivity index (χ1v) is 7.31. The van der Waals surface area contributed by atoms with Crippen molar-refractivity contribution in [2.45, 2.75) is 13.8 Å².